The van der Waals surface area contributed by atoms with Gasteiger partial charge in [0, 0.05) is 42.8 Å². The number of carbonyl (C=O) groups excluding carboxylic acids is 1. The monoisotopic (exact) mass is 366 g/mol. The van der Waals surface area contributed by atoms with E-state index in [2.05, 4.69) is 39.6 Å². The van der Waals surface area contributed by atoms with Gasteiger partial charge in [0.25, 0.3) is 5.91 Å². The topological polar surface area (TPSA) is 47.6 Å². The second-order valence-corrected chi connectivity index (χ2v) is 7.01. The van der Waals surface area contributed by atoms with E-state index in [1.807, 2.05) is 12.1 Å². The van der Waals surface area contributed by atoms with E-state index in [9.17, 15) is 9.18 Å². The molecule has 0 bridgehead atoms. The largest absolute Gasteiger partial charge is 0.370 e. The second kappa shape index (κ2) is 7.40. The van der Waals surface area contributed by atoms with E-state index < -0.39 is 5.82 Å². The molecule has 2 aliphatic rings. The van der Waals surface area contributed by atoms with Crippen LogP contribution in [0.2, 0.25) is 0 Å². The summed E-state index contributed by atoms with van der Waals surface area (Å²) in [4.78, 5) is 16.9. The van der Waals surface area contributed by atoms with Crippen LogP contribution < -0.4 is 15.5 Å². The second-order valence-electron chi connectivity index (χ2n) is 7.01. The maximum absolute atomic E-state index is 14.1. The Morgan fingerprint density at radius 1 is 1.07 bits per heavy atom. The first kappa shape index (κ1) is 17.5. The molecule has 6 heteroatoms. The lowest BCUT2D eigenvalue weighted by Crippen LogP contribution is -2.28. The molecule has 2 heterocycles. The van der Waals surface area contributed by atoms with Crippen molar-refractivity contribution in [2.75, 3.05) is 48.8 Å². The summed E-state index contributed by atoms with van der Waals surface area (Å²) in [5.41, 5.74) is 3.19. The Labute approximate surface area is 158 Å². The number of nitrogens with one attached hydrogen (secondary N) is 2. The Morgan fingerprint density at radius 3 is 2.70 bits per heavy atom. The lowest BCUT2D eigenvalue weighted by atomic mass is 10.1. The highest BCUT2D eigenvalue weighted by molar-refractivity contribution is 6.31. The lowest BCUT2D eigenvalue weighted by molar-refractivity contribution is -0.110. The van der Waals surface area contributed by atoms with Gasteiger partial charge in [-0.25, -0.2) is 4.39 Å². The van der Waals surface area contributed by atoms with Crippen molar-refractivity contribution in [3.63, 3.8) is 0 Å². The molecule has 1 fully saturated rings. The fraction of sp³-hybridized carbons (Fsp3) is 0.286. The third-order valence-electron chi connectivity index (χ3n) is 5.11. The van der Waals surface area contributed by atoms with Crippen molar-refractivity contribution in [3.8, 4) is 0 Å². The van der Waals surface area contributed by atoms with E-state index in [0.29, 0.717) is 16.8 Å². The molecule has 1 amide bonds. The smallest absolute Gasteiger partial charge is 0.257 e. The van der Waals surface area contributed by atoms with Crippen LogP contribution in [-0.2, 0) is 4.79 Å². The summed E-state index contributed by atoms with van der Waals surface area (Å²) in [7, 11) is 2.16. The van der Waals surface area contributed by atoms with E-state index in [0.717, 1.165) is 38.3 Å². The van der Waals surface area contributed by atoms with Gasteiger partial charge in [0.05, 0.1) is 11.3 Å². The zero-order valence-electron chi connectivity index (χ0n) is 15.3. The fourth-order valence-electron chi connectivity index (χ4n) is 3.57. The molecular formula is C21H23FN4O. The maximum Gasteiger partial charge on any atom is 0.257 e. The highest BCUT2D eigenvalue weighted by Gasteiger charge is 2.27. The SMILES string of the molecule is CN1CCCN(c2ccc(NC=C3C(=O)Nc4cccc(F)c43)cc2)CC1. The number of likely N-dealkylation sites (N-methyl/N-ethyl adjacent to an activating group) is 1. The molecule has 2 aromatic carbocycles. The highest BCUT2D eigenvalue weighted by atomic mass is 19.1. The first-order valence-electron chi connectivity index (χ1n) is 9.22. The van der Waals surface area contributed by atoms with E-state index in [1.54, 1.807) is 18.3 Å². The average Bonchev–Trinajstić information content (AvgIpc) is 2.83. The summed E-state index contributed by atoms with van der Waals surface area (Å²) in [6.07, 6.45) is 2.73. The molecule has 0 spiro atoms. The van der Waals surface area contributed by atoms with E-state index in [-0.39, 0.29) is 5.91 Å². The predicted molar refractivity (Wildman–Crippen MR) is 107 cm³/mol. The van der Waals surface area contributed by atoms with E-state index in [1.165, 1.54) is 11.8 Å². The summed E-state index contributed by atoms with van der Waals surface area (Å²) >= 11 is 0. The van der Waals surface area contributed by atoms with Crippen LogP contribution in [0.1, 0.15) is 12.0 Å². The number of hydrogen-bond donors (Lipinski definition) is 2. The molecule has 2 N–H and O–H groups in total. The third-order valence-corrected chi connectivity index (χ3v) is 5.11. The minimum Gasteiger partial charge on any atom is -0.370 e. The van der Waals surface area contributed by atoms with E-state index in [4.69, 9.17) is 0 Å². The molecule has 0 aliphatic carbocycles. The molecule has 4 rings (SSSR count). The van der Waals surface area contributed by atoms with Gasteiger partial charge in [-0.15, -0.1) is 0 Å². The molecule has 0 saturated carbocycles. The lowest BCUT2D eigenvalue weighted by Gasteiger charge is -2.23. The number of benzene rings is 2. The average molecular weight is 366 g/mol. The fourth-order valence-corrected chi connectivity index (χ4v) is 3.57. The van der Waals surface area contributed by atoms with Gasteiger partial charge in [0.2, 0.25) is 0 Å². The first-order valence-corrected chi connectivity index (χ1v) is 9.22. The van der Waals surface area contributed by atoms with Crippen molar-refractivity contribution in [2.45, 2.75) is 6.42 Å². The van der Waals surface area contributed by atoms with Crippen LogP contribution in [0.4, 0.5) is 21.5 Å². The van der Waals surface area contributed by atoms with Crippen molar-refractivity contribution >= 4 is 28.5 Å². The van der Waals surface area contributed by atoms with Gasteiger partial charge in [0.15, 0.2) is 0 Å². The van der Waals surface area contributed by atoms with Gasteiger partial charge >= 0.3 is 0 Å². The summed E-state index contributed by atoms with van der Waals surface area (Å²) in [6, 6.07) is 12.8. The van der Waals surface area contributed by atoms with Crippen LogP contribution in [0.3, 0.4) is 0 Å². The van der Waals surface area contributed by atoms with Crippen molar-refractivity contribution < 1.29 is 9.18 Å². The molecule has 2 aliphatic heterocycles. The number of fused-ring (bicyclic) bond motifs is 1. The molecule has 0 unspecified atom stereocenters. The zero-order valence-corrected chi connectivity index (χ0v) is 15.3. The highest BCUT2D eigenvalue weighted by Crippen LogP contribution is 2.33. The number of halogens is 1. The Morgan fingerprint density at radius 2 is 1.89 bits per heavy atom. The van der Waals surface area contributed by atoms with Gasteiger partial charge in [-0.1, -0.05) is 6.07 Å². The number of anilines is 3. The standard InChI is InChI=1S/C21H23FN4O/c1-25-10-3-11-26(13-12-25)16-8-6-15(7-9-16)23-14-17-20-18(22)4-2-5-19(20)24-21(17)27/h2,4-9,14,23H,3,10-13H2,1H3,(H,24,27). The van der Waals surface area contributed by atoms with Crippen molar-refractivity contribution in [2.24, 2.45) is 0 Å². The van der Waals surface area contributed by atoms with Gasteiger partial charge in [-0.05, 0) is 56.4 Å². The Kier molecular flexibility index (Phi) is 4.81. The van der Waals surface area contributed by atoms with Crippen LogP contribution in [-0.4, -0.2) is 44.0 Å². The number of nitrogens with zero attached hydrogens (tertiary/aromatic N) is 2. The van der Waals surface area contributed by atoms with E-state index >= 15 is 0 Å². The molecular weight excluding hydrogens is 343 g/mol. The summed E-state index contributed by atoms with van der Waals surface area (Å²) < 4.78 is 14.1. The minimum absolute atomic E-state index is 0.298. The first-order chi connectivity index (χ1) is 13.1. The van der Waals surface area contributed by atoms with Crippen LogP contribution in [0.15, 0.2) is 48.7 Å². The molecule has 5 nitrogen and oxygen atoms in total. The molecule has 140 valence electrons. The molecule has 0 radical (unpaired) electrons. The molecule has 2 aromatic rings. The molecule has 0 atom stereocenters. The summed E-state index contributed by atoms with van der Waals surface area (Å²) in [6.45, 7) is 4.26. The van der Waals surface area contributed by atoms with Crippen molar-refractivity contribution in [3.05, 3.63) is 60.0 Å². The Hall–Kier alpha value is -2.86. The van der Waals surface area contributed by atoms with Crippen LogP contribution >= 0.6 is 0 Å². The third kappa shape index (κ3) is 3.66. The van der Waals surface area contributed by atoms with Crippen LogP contribution in [0, 0.1) is 5.82 Å². The van der Waals surface area contributed by atoms with Gasteiger partial charge in [-0.3, -0.25) is 4.79 Å². The Bertz CT molecular complexity index is 878. The summed E-state index contributed by atoms with van der Waals surface area (Å²) in [5, 5.41) is 5.81. The minimum atomic E-state index is -0.402. The molecule has 0 aromatic heterocycles. The molecule has 1 saturated heterocycles. The molecule has 27 heavy (non-hydrogen) atoms. The van der Waals surface area contributed by atoms with Crippen molar-refractivity contribution in [1.29, 1.82) is 0 Å². The van der Waals surface area contributed by atoms with Gasteiger partial charge in [-0.2, -0.15) is 0 Å². The van der Waals surface area contributed by atoms with Gasteiger partial charge in [0.1, 0.15) is 5.82 Å². The zero-order chi connectivity index (χ0) is 18.8. The number of carbonyl (C=O) groups is 1. The normalized spacial score (nSPS) is 19.0. The quantitative estimate of drug-likeness (QED) is 0.818. The van der Waals surface area contributed by atoms with Crippen LogP contribution in [0.5, 0.6) is 0 Å². The summed E-state index contributed by atoms with van der Waals surface area (Å²) in [5.74, 6) is -0.701. The van der Waals surface area contributed by atoms with Crippen LogP contribution in [0.25, 0.3) is 5.57 Å². The number of rotatable bonds is 3. The maximum atomic E-state index is 14.1. The van der Waals surface area contributed by atoms with Crippen molar-refractivity contribution in [1.82, 2.24) is 4.90 Å². The number of hydrogen-bond acceptors (Lipinski definition) is 4. The van der Waals surface area contributed by atoms with Gasteiger partial charge < -0.3 is 20.4 Å². The predicted octanol–water partition coefficient (Wildman–Crippen LogP) is 3.37. The Balaban J connectivity index is 1.48. The number of amides is 1.